The summed E-state index contributed by atoms with van der Waals surface area (Å²) < 4.78 is 0. The van der Waals surface area contributed by atoms with Crippen LogP contribution in [0.15, 0.2) is 22.9 Å². The Labute approximate surface area is 101 Å². The highest BCUT2D eigenvalue weighted by Gasteiger charge is 2.43. The van der Waals surface area contributed by atoms with Gasteiger partial charge in [-0.2, -0.15) is 11.3 Å². The average Bonchev–Trinajstić information content (AvgIpc) is 2.76. The smallest absolute Gasteiger partial charge is 0.339 e. The van der Waals surface area contributed by atoms with Crippen molar-refractivity contribution in [1.29, 1.82) is 0 Å². The van der Waals surface area contributed by atoms with E-state index in [0.29, 0.717) is 5.56 Å². The number of carboxylic acids is 1. The normalized spacial score (nSPS) is 33.2. The molecule has 0 bridgehead atoms. The van der Waals surface area contributed by atoms with E-state index in [1.165, 1.54) is 11.3 Å². The highest BCUT2D eigenvalue weighted by Crippen LogP contribution is 2.34. The van der Waals surface area contributed by atoms with E-state index in [4.69, 9.17) is 5.11 Å². The predicted molar refractivity (Wildman–Crippen MR) is 61.5 cm³/mol. The minimum atomic E-state index is -2.13. The van der Waals surface area contributed by atoms with Gasteiger partial charge in [-0.3, -0.25) is 0 Å². The van der Waals surface area contributed by atoms with Crippen LogP contribution in [0.5, 0.6) is 0 Å². The topological polar surface area (TPSA) is 98.0 Å². The first kappa shape index (κ1) is 12.3. The number of carboxylic acid groups (broad SMARTS) is 1. The van der Waals surface area contributed by atoms with Crippen LogP contribution in [0.1, 0.15) is 12.0 Å². The number of hydrogen-bond donors (Lipinski definition) is 4. The molecule has 5 nitrogen and oxygen atoms in total. The lowest BCUT2D eigenvalue weighted by atomic mass is 9.81. The van der Waals surface area contributed by atoms with Crippen molar-refractivity contribution in [1.82, 2.24) is 0 Å². The summed E-state index contributed by atoms with van der Waals surface area (Å²) in [7, 11) is 0. The fourth-order valence-electron chi connectivity index (χ4n) is 1.87. The molecule has 6 heteroatoms. The van der Waals surface area contributed by atoms with Crippen molar-refractivity contribution < 1.29 is 25.2 Å². The summed E-state index contributed by atoms with van der Waals surface area (Å²) in [5, 5.41) is 41.7. The minimum Gasteiger partial charge on any atom is -0.479 e. The SMILES string of the molecule is O=C(O)[C@]1(O)C=C(c2ccsc2)[C@@H](O)[C@H](O)C1. The number of carbonyl (C=O) groups is 1. The molecule has 1 aromatic rings. The maximum Gasteiger partial charge on any atom is 0.339 e. The van der Waals surface area contributed by atoms with Crippen LogP contribution in [0.4, 0.5) is 0 Å². The molecule has 4 N–H and O–H groups in total. The third-order valence-electron chi connectivity index (χ3n) is 2.82. The Morgan fingerprint density at radius 3 is 2.71 bits per heavy atom. The second kappa shape index (κ2) is 4.23. The molecular formula is C11H12O5S. The Balaban J connectivity index is 2.47. The van der Waals surface area contributed by atoms with Crippen LogP contribution in [0, 0.1) is 0 Å². The van der Waals surface area contributed by atoms with E-state index >= 15 is 0 Å². The molecule has 92 valence electrons. The van der Waals surface area contributed by atoms with Gasteiger partial charge in [0.15, 0.2) is 5.60 Å². The number of aliphatic hydroxyl groups is 3. The summed E-state index contributed by atoms with van der Waals surface area (Å²) in [4.78, 5) is 11.0. The molecule has 2 rings (SSSR count). The van der Waals surface area contributed by atoms with Crippen LogP contribution in [0.2, 0.25) is 0 Å². The van der Waals surface area contributed by atoms with Crippen molar-refractivity contribution in [2.24, 2.45) is 0 Å². The monoisotopic (exact) mass is 256 g/mol. The van der Waals surface area contributed by atoms with E-state index in [2.05, 4.69) is 0 Å². The van der Waals surface area contributed by atoms with Crippen molar-refractivity contribution >= 4 is 22.9 Å². The quantitative estimate of drug-likeness (QED) is 0.600. The number of thiophene rings is 1. The number of rotatable bonds is 2. The molecule has 0 radical (unpaired) electrons. The molecule has 0 saturated carbocycles. The lowest BCUT2D eigenvalue weighted by Gasteiger charge is -2.33. The molecule has 0 saturated heterocycles. The zero-order chi connectivity index (χ0) is 12.6. The number of hydrogen-bond acceptors (Lipinski definition) is 5. The van der Waals surface area contributed by atoms with Gasteiger partial charge < -0.3 is 20.4 Å². The standard InChI is InChI=1S/C11H12O5S/c12-8-4-11(16,10(14)15)3-7(9(8)13)6-1-2-17-5-6/h1-3,5,8-9,12-13,16H,4H2,(H,14,15)/t8-,9-,11+/m1/s1. The fourth-order valence-corrected chi connectivity index (χ4v) is 2.54. The van der Waals surface area contributed by atoms with Gasteiger partial charge in [0.2, 0.25) is 0 Å². The molecule has 3 atom stereocenters. The zero-order valence-corrected chi connectivity index (χ0v) is 9.59. The fraction of sp³-hybridized carbons (Fsp3) is 0.364. The molecule has 0 unspecified atom stereocenters. The van der Waals surface area contributed by atoms with Crippen molar-refractivity contribution in [3.05, 3.63) is 28.5 Å². The van der Waals surface area contributed by atoms with Crippen LogP contribution < -0.4 is 0 Å². The summed E-state index contributed by atoms with van der Waals surface area (Å²) in [5.41, 5.74) is -1.27. The van der Waals surface area contributed by atoms with E-state index in [9.17, 15) is 20.1 Å². The number of aliphatic carboxylic acids is 1. The molecule has 1 aromatic heterocycles. The third-order valence-corrected chi connectivity index (χ3v) is 3.51. The van der Waals surface area contributed by atoms with Crippen molar-refractivity contribution in [3.63, 3.8) is 0 Å². The summed E-state index contributed by atoms with van der Waals surface area (Å²) >= 11 is 1.38. The molecule has 1 aliphatic rings. The molecule has 0 aromatic carbocycles. The lowest BCUT2D eigenvalue weighted by Crippen LogP contribution is -2.47. The third kappa shape index (κ3) is 2.12. The second-order valence-corrected chi connectivity index (χ2v) is 4.84. The molecule has 0 spiro atoms. The molecule has 0 aliphatic heterocycles. The van der Waals surface area contributed by atoms with Crippen LogP contribution in [0.3, 0.4) is 0 Å². The van der Waals surface area contributed by atoms with Crippen molar-refractivity contribution in [2.75, 3.05) is 0 Å². The summed E-state index contributed by atoms with van der Waals surface area (Å²) in [6.07, 6.45) is -1.79. The molecule has 1 aliphatic carbocycles. The van der Waals surface area contributed by atoms with Crippen molar-refractivity contribution in [2.45, 2.75) is 24.2 Å². The summed E-state index contributed by atoms with van der Waals surface area (Å²) in [6, 6.07) is 1.69. The van der Waals surface area contributed by atoms with Crippen LogP contribution in [-0.4, -0.2) is 44.2 Å². The van der Waals surface area contributed by atoms with Gasteiger partial charge in [0.25, 0.3) is 0 Å². The van der Waals surface area contributed by atoms with E-state index in [1.54, 1.807) is 16.8 Å². The molecule has 1 heterocycles. The average molecular weight is 256 g/mol. The van der Waals surface area contributed by atoms with Gasteiger partial charge >= 0.3 is 5.97 Å². The molecule has 0 fully saturated rings. The first-order valence-electron chi connectivity index (χ1n) is 5.01. The lowest BCUT2D eigenvalue weighted by molar-refractivity contribution is -0.157. The van der Waals surface area contributed by atoms with Gasteiger partial charge in [0.1, 0.15) is 6.10 Å². The zero-order valence-electron chi connectivity index (χ0n) is 8.78. The highest BCUT2D eigenvalue weighted by atomic mass is 32.1. The van der Waals surface area contributed by atoms with E-state index in [0.717, 1.165) is 6.08 Å². The Hall–Kier alpha value is -1.21. The maximum absolute atomic E-state index is 11.0. The maximum atomic E-state index is 11.0. The first-order chi connectivity index (χ1) is 7.94. The van der Waals surface area contributed by atoms with Crippen LogP contribution in [0.25, 0.3) is 5.57 Å². The van der Waals surface area contributed by atoms with E-state index in [-0.39, 0.29) is 5.57 Å². The van der Waals surface area contributed by atoms with Gasteiger partial charge in [-0.05, 0) is 34.0 Å². The second-order valence-electron chi connectivity index (χ2n) is 4.06. The number of aliphatic hydroxyl groups excluding tert-OH is 2. The van der Waals surface area contributed by atoms with Gasteiger partial charge in [0, 0.05) is 6.42 Å². The summed E-state index contributed by atoms with van der Waals surface area (Å²) in [6.45, 7) is 0. The van der Waals surface area contributed by atoms with Gasteiger partial charge in [0.05, 0.1) is 6.10 Å². The summed E-state index contributed by atoms with van der Waals surface area (Å²) in [5.74, 6) is -1.43. The highest BCUT2D eigenvalue weighted by molar-refractivity contribution is 7.08. The minimum absolute atomic E-state index is 0.245. The van der Waals surface area contributed by atoms with E-state index < -0.39 is 30.2 Å². The molecule has 17 heavy (non-hydrogen) atoms. The van der Waals surface area contributed by atoms with E-state index in [1.807, 2.05) is 0 Å². The van der Waals surface area contributed by atoms with Crippen molar-refractivity contribution in [3.8, 4) is 0 Å². The van der Waals surface area contributed by atoms with Crippen LogP contribution in [-0.2, 0) is 4.79 Å². The van der Waals surface area contributed by atoms with Crippen LogP contribution >= 0.6 is 11.3 Å². The Kier molecular flexibility index (Phi) is 3.05. The largest absolute Gasteiger partial charge is 0.479 e. The Bertz CT molecular complexity index is 452. The predicted octanol–water partition coefficient (Wildman–Crippen LogP) is 0.0727. The molecular weight excluding hydrogens is 244 g/mol. The van der Waals surface area contributed by atoms with Gasteiger partial charge in [-0.1, -0.05) is 0 Å². The first-order valence-corrected chi connectivity index (χ1v) is 5.95. The van der Waals surface area contributed by atoms with Gasteiger partial charge in [-0.15, -0.1) is 0 Å². The Morgan fingerprint density at radius 2 is 2.18 bits per heavy atom. The molecule has 0 amide bonds. The Morgan fingerprint density at radius 1 is 1.47 bits per heavy atom. The van der Waals surface area contributed by atoms with Gasteiger partial charge in [-0.25, -0.2) is 4.79 Å².